The van der Waals surface area contributed by atoms with E-state index in [-0.39, 0.29) is 13.4 Å². The van der Waals surface area contributed by atoms with Gasteiger partial charge in [0.05, 0.1) is 6.61 Å². The molecule has 1 heterocycles. The van der Waals surface area contributed by atoms with Gasteiger partial charge < -0.3 is 36.5 Å². The van der Waals surface area contributed by atoms with Crippen LogP contribution in [0, 0.1) is 26.7 Å². The average molecular weight is 436 g/mol. The summed E-state index contributed by atoms with van der Waals surface area (Å²) >= 11 is 1.82. The molecule has 0 amide bonds. The first-order chi connectivity index (χ1) is 10.8. The van der Waals surface area contributed by atoms with Gasteiger partial charge in [-0.25, -0.2) is 0 Å². The first-order valence-corrected chi connectivity index (χ1v) is 10.4. The van der Waals surface area contributed by atoms with Crippen molar-refractivity contribution in [3.8, 4) is 0 Å². The van der Waals surface area contributed by atoms with Crippen LogP contribution in [0.4, 0.5) is 0 Å². The summed E-state index contributed by atoms with van der Waals surface area (Å²) in [5.41, 5.74) is 0. The van der Waals surface area contributed by atoms with Crippen LogP contribution in [0.2, 0.25) is 0 Å². The molecule has 1 aliphatic heterocycles. The minimum atomic E-state index is -0.0201. The Kier molecular flexibility index (Phi) is 30.1. The van der Waals surface area contributed by atoms with Crippen LogP contribution in [0.25, 0.3) is 0 Å². The zero-order chi connectivity index (χ0) is 17.1. The van der Waals surface area contributed by atoms with E-state index < -0.39 is 0 Å². The van der Waals surface area contributed by atoms with Crippen LogP contribution in [-0.4, -0.2) is 24.8 Å². The van der Waals surface area contributed by atoms with Gasteiger partial charge in [0, 0.05) is 13.5 Å². The van der Waals surface area contributed by atoms with Crippen molar-refractivity contribution in [1.82, 2.24) is 0 Å². The van der Waals surface area contributed by atoms with Crippen molar-refractivity contribution in [1.29, 1.82) is 0 Å². The third-order valence-corrected chi connectivity index (χ3v) is 3.57. The Hall–Kier alpha value is 0.343. The summed E-state index contributed by atoms with van der Waals surface area (Å²) < 4.78 is 5.20. The number of rotatable bonds is 0. The van der Waals surface area contributed by atoms with E-state index in [2.05, 4.69) is 23.0 Å². The average Bonchev–Trinajstić information content (AvgIpc) is 2.55. The second-order valence-electron chi connectivity index (χ2n) is 5.37. The number of hydrogen-bond donors (Lipinski definition) is 1. The number of hydrogen-bond acceptors (Lipinski definition) is 3. The Labute approximate surface area is 158 Å². The molecule has 0 saturated carbocycles. The monoisotopic (exact) mass is 436 g/mol. The summed E-state index contributed by atoms with van der Waals surface area (Å²) in [5, 5.41) is 7.00. The van der Waals surface area contributed by atoms with Gasteiger partial charge in [0.1, 0.15) is 0 Å². The molecule has 3 nitrogen and oxygen atoms in total. The molecule has 1 fully saturated rings. The van der Waals surface area contributed by atoms with Crippen LogP contribution in [0.1, 0.15) is 70.6 Å². The number of aliphatic hydroxyl groups excluding tert-OH is 1. The molecule has 0 aromatic carbocycles. The summed E-state index contributed by atoms with van der Waals surface area (Å²) in [6.07, 6.45) is 14.6. The standard InChI is InChI=1S/C16H28O2.CH4O.CH3.ClH.Ru/c1-15-11-7-4-2-3-5-10-14-18-16(17)13-9-6-8-12-15;1-2;;;/h12,15H,1-11,13-14H2;2H,1H3;1H3;1H;/q-2;;-1;;+4/p-1/t15-;;;;/m1..../s1. The van der Waals surface area contributed by atoms with Crippen molar-refractivity contribution in [2.75, 3.05) is 13.7 Å². The first kappa shape index (κ1) is 28.2. The Balaban J connectivity index is -0.000000739. The van der Waals surface area contributed by atoms with Gasteiger partial charge in [-0.05, 0) is 12.8 Å². The molecule has 0 spiro atoms. The van der Waals surface area contributed by atoms with Crippen molar-refractivity contribution in [2.24, 2.45) is 5.92 Å². The predicted molar refractivity (Wildman–Crippen MR) is 95.3 cm³/mol. The topological polar surface area (TPSA) is 46.5 Å². The van der Waals surface area contributed by atoms with Crippen LogP contribution in [0.15, 0.2) is 0 Å². The SMILES string of the molecule is CO.[CH2-][C@H]1[CH-]CCCCC(=O)OCCCCCCCC1.[CH3-].[Cl][Ru+3]. The van der Waals surface area contributed by atoms with E-state index >= 15 is 0 Å². The van der Waals surface area contributed by atoms with Crippen LogP contribution < -0.4 is 0 Å². The van der Waals surface area contributed by atoms with E-state index in [4.69, 9.17) is 9.84 Å². The van der Waals surface area contributed by atoms with Crippen LogP contribution in [-0.2, 0) is 26.8 Å². The van der Waals surface area contributed by atoms with E-state index in [9.17, 15) is 4.79 Å². The van der Waals surface area contributed by atoms with Crippen molar-refractivity contribution >= 4 is 15.7 Å². The number of halogens is 1. The summed E-state index contributed by atoms with van der Waals surface area (Å²) in [6, 6.07) is 0. The summed E-state index contributed by atoms with van der Waals surface area (Å²) in [7, 11) is 5.57. The molecule has 0 aromatic heterocycles. The molecular formula is C18H35ClO3Ru. The molecule has 1 atom stereocenters. The minimum absolute atomic E-state index is 0. The van der Waals surface area contributed by atoms with E-state index in [1.807, 2.05) is 17.3 Å². The van der Waals surface area contributed by atoms with Gasteiger partial charge in [-0.15, -0.1) is 6.42 Å². The Morgan fingerprint density at radius 1 is 1.09 bits per heavy atom. The fourth-order valence-electron chi connectivity index (χ4n) is 2.36. The van der Waals surface area contributed by atoms with Gasteiger partial charge in [-0.3, -0.25) is 4.79 Å². The predicted octanol–water partition coefficient (Wildman–Crippen LogP) is 5.23. The van der Waals surface area contributed by atoms with Crippen molar-refractivity contribution < 1.29 is 31.9 Å². The number of cyclic esters (lactones) is 1. The normalized spacial score (nSPS) is 21.2. The molecule has 1 N–H and O–H groups in total. The number of carbonyl (C=O) groups is 1. The van der Waals surface area contributed by atoms with Crippen LogP contribution in [0.5, 0.6) is 0 Å². The van der Waals surface area contributed by atoms with E-state index in [1.165, 1.54) is 38.5 Å². The molecule has 0 aliphatic carbocycles. The van der Waals surface area contributed by atoms with Crippen LogP contribution in [0.3, 0.4) is 0 Å². The molecule has 1 saturated heterocycles. The molecular weight excluding hydrogens is 401 g/mol. The van der Waals surface area contributed by atoms with Crippen molar-refractivity contribution in [3.63, 3.8) is 0 Å². The summed E-state index contributed by atoms with van der Waals surface area (Å²) in [5.74, 6) is 0.470. The second kappa shape index (κ2) is 24.6. The van der Waals surface area contributed by atoms with E-state index in [0.717, 1.165) is 32.8 Å². The molecule has 23 heavy (non-hydrogen) atoms. The van der Waals surface area contributed by atoms with Gasteiger partial charge in [0.2, 0.25) is 0 Å². The third kappa shape index (κ3) is 22.3. The van der Waals surface area contributed by atoms with Gasteiger partial charge in [-0.2, -0.15) is 6.42 Å². The van der Waals surface area contributed by atoms with E-state index in [0.29, 0.717) is 18.9 Å². The van der Waals surface area contributed by atoms with Crippen LogP contribution >= 0.6 is 9.69 Å². The molecule has 0 unspecified atom stereocenters. The molecule has 0 radical (unpaired) electrons. The van der Waals surface area contributed by atoms with Gasteiger partial charge >= 0.3 is 33.0 Å². The maximum absolute atomic E-state index is 11.4. The maximum atomic E-state index is 11.4. The number of esters is 1. The third-order valence-electron chi connectivity index (χ3n) is 3.57. The molecule has 1 aliphatic rings. The van der Waals surface area contributed by atoms with Crippen molar-refractivity contribution in [3.05, 3.63) is 20.8 Å². The Bertz CT molecular complexity index is 228. The molecule has 5 heteroatoms. The van der Waals surface area contributed by atoms with Crippen molar-refractivity contribution in [2.45, 2.75) is 70.6 Å². The Morgan fingerprint density at radius 3 is 2.30 bits per heavy atom. The fraction of sp³-hybridized carbons (Fsp3) is 0.778. The number of carbonyl (C=O) groups excluding carboxylic acids is 1. The molecule has 1 rings (SSSR count). The Morgan fingerprint density at radius 2 is 1.65 bits per heavy atom. The zero-order valence-electron chi connectivity index (χ0n) is 14.8. The second-order valence-corrected chi connectivity index (χ2v) is 5.37. The first-order valence-electron chi connectivity index (χ1n) is 8.19. The van der Waals surface area contributed by atoms with Gasteiger partial charge in [0.25, 0.3) is 0 Å². The van der Waals surface area contributed by atoms with Gasteiger partial charge in [0.15, 0.2) is 0 Å². The quantitative estimate of drug-likeness (QED) is 0.321. The fourth-order valence-corrected chi connectivity index (χ4v) is 2.36. The number of aliphatic hydroxyl groups is 1. The zero-order valence-corrected chi connectivity index (χ0v) is 17.3. The van der Waals surface area contributed by atoms with E-state index in [1.54, 1.807) is 0 Å². The summed E-state index contributed by atoms with van der Waals surface area (Å²) in [4.78, 5) is 11.4. The summed E-state index contributed by atoms with van der Waals surface area (Å²) in [6.45, 7) is 4.79. The molecule has 0 bridgehead atoms. The molecule has 140 valence electrons. The van der Waals surface area contributed by atoms with Gasteiger partial charge in [-0.1, -0.05) is 38.5 Å². The number of ether oxygens (including phenoxy) is 1. The molecule has 0 aromatic rings.